The third-order valence-corrected chi connectivity index (χ3v) is 5.22. The van der Waals surface area contributed by atoms with Gasteiger partial charge in [0.15, 0.2) is 5.96 Å². The molecule has 26 heavy (non-hydrogen) atoms. The Kier molecular flexibility index (Phi) is 8.98. The van der Waals surface area contributed by atoms with E-state index in [1.54, 1.807) is 0 Å². The number of aliphatic imine (C=N–C) groups is 1. The molecule has 0 spiro atoms. The summed E-state index contributed by atoms with van der Waals surface area (Å²) >= 11 is 0. The summed E-state index contributed by atoms with van der Waals surface area (Å²) in [5.41, 5.74) is 1.32. The van der Waals surface area contributed by atoms with Gasteiger partial charge in [0.1, 0.15) is 0 Å². The van der Waals surface area contributed by atoms with Crippen molar-refractivity contribution in [3.8, 4) is 0 Å². The minimum Gasteiger partial charge on any atom is -0.369 e. The van der Waals surface area contributed by atoms with E-state index in [1.165, 1.54) is 31.6 Å². The number of hydrogen-bond acceptors (Lipinski definition) is 3. The van der Waals surface area contributed by atoms with Gasteiger partial charge in [0, 0.05) is 44.5 Å². The molecule has 2 aliphatic rings. The molecule has 0 aromatic heterocycles. The summed E-state index contributed by atoms with van der Waals surface area (Å²) < 4.78 is 0. The highest BCUT2D eigenvalue weighted by Crippen LogP contribution is 2.19. The van der Waals surface area contributed by atoms with Crippen molar-refractivity contribution in [1.29, 1.82) is 0 Å². The van der Waals surface area contributed by atoms with E-state index < -0.39 is 0 Å². The van der Waals surface area contributed by atoms with Crippen molar-refractivity contribution in [3.05, 3.63) is 30.3 Å². The zero-order chi connectivity index (χ0) is 17.5. The van der Waals surface area contributed by atoms with Gasteiger partial charge < -0.3 is 20.4 Å². The van der Waals surface area contributed by atoms with Crippen molar-refractivity contribution >= 4 is 35.6 Å². The van der Waals surface area contributed by atoms with Gasteiger partial charge in [-0.3, -0.25) is 4.99 Å². The fraction of sp³-hybridized carbons (Fsp3) is 0.650. The standard InChI is InChI=1S/C20H33N5.HI/c1-3-21-20(22-14-17-8-7-12-24(2)15-17)23-18-11-13-25(16-18)19-9-5-4-6-10-19;/h4-6,9-10,17-18H,3,7-8,11-16H2,1-2H3,(H2,21,22,23);1H. The highest BCUT2D eigenvalue weighted by Gasteiger charge is 2.23. The van der Waals surface area contributed by atoms with E-state index in [9.17, 15) is 0 Å². The minimum absolute atomic E-state index is 0. The second-order valence-corrected chi connectivity index (χ2v) is 7.40. The van der Waals surface area contributed by atoms with Crippen molar-refractivity contribution in [3.63, 3.8) is 0 Å². The number of anilines is 1. The molecule has 2 saturated heterocycles. The quantitative estimate of drug-likeness (QED) is 0.394. The monoisotopic (exact) mass is 471 g/mol. The van der Waals surface area contributed by atoms with Crippen LogP contribution in [0.2, 0.25) is 0 Å². The van der Waals surface area contributed by atoms with E-state index in [0.29, 0.717) is 12.0 Å². The number of nitrogens with one attached hydrogen (secondary N) is 2. The number of nitrogens with zero attached hydrogens (tertiary/aromatic N) is 3. The summed E-state index contributed by atoms with van der Waals surface area (Å²) in [6.45, 7) is 8.52. The molecule has 146 valence electrons. The number of para-hydroxylation sites is 1. The third-order valence-electron chi connectivity index (χ3n) is 5.22. The van der Waals surface area contributed by atoms with Crippen molar-refractivity contribution in [2.45, 2.75) is 32.2 Å². The van der Waals surface area contributed by atoms with Crippen molar-refractivity contribution in [2.75, 3.05) is 51.2 Å². The molecule has 0 bridgehead atoms. The van der Waals surface area contributed by atoms with Gasteiger partial charge in [0.05, 0.1) is 0 Å². The predicted octanol–water partition coefficient (Wildman–Crippen LogP) is 2.78. The summed E-state index contributed by atoms with van der Waals surface area (Å²) in [5, 5.41) is 7.07. The van der Waals surface area contributed by atoms with Gasteiger partial charge in [-0.15, -0.1) is 24.0 Å². The summed E-state index contributed by atoms with van der Waals surface area (Å²) in [6, 6.07) is 11.2. The van der Waals surface area contributed by atoms with Crippen LogP contribution in [0.15, 0.2) is 35.3 Å². The average Bonchev–Trinajstić information content (AvgIpc) is 3.09. The summed E-state index contributed by atoms with van der Waals surface area (Å²) in [4.78, 5) is 9.77. The Morgan fingerprint density at radius 1 is 1.15 bits per heavy atom. The van der Waals surface area contributed by atoms with Crippen LogP contribution in [0.3, 0.4) is 0 Å². The first-order chi connectivity index (χ1) is 12.2. The molecule has 2 heterocycles. The molecule has 2 fully saturated rings. The lowest BCUT2D eigenvalue weighted by Gasteiger charge is -2.29. The lowest BCUT2D eigenvalue weighted by atomic mass is 9.99. The average molecular weight is 471 g/mol. The largest absolute Gasteiger partial charge is 0.369 e. The van der Waals surface area contributed by atoms with Crippen LogP contribution in [0.4, 0.5) is 5.69 Å². The highest BCUT2D eigenvalue weighted by molar-refractivity contribution is 14.0. The van der Waals surface area contributed by atoms with E-state index in [4.69, 9.17) is 4.99 Å². The number of rotatable bonds is 5. The molecule has 0 aliphatic carbocycles. The molecule has 0 radical (unpaired) electrons. The van der Waals surface area contributed by atoms with Crippen LogP contribution in [0.25, 0.3) is 0 Å². The molecule has 6 heteroatoms. The number of hydrogen-bond donors (Lipinski definition) is 2. The Balaban J connectivity index is 0.00000243. The first-order valence-corrected chi connectivity index (χ1v) is 9.78. The van der Waals surface area contributed by atoms with E-state index in [0.717, 1.165) is 38.6 Å². The SMILES string of the molecule is CCNC(=NCC1CCCN(C)C1)NC1CCN(c2ccccc2)C1.I. The fourth-order valence-electron chi connectivity index (χ4n) is 3.91. The molecule has 1 aromatic carbocycles. The van der Waals surface area contributed by atoms with Crippen LogP contribution in [-0.2, 0) is 0 Å². The fourth-order valence-corrected chi connectivity index (χ4v) is 3.91. The molecular formula is C20H34IN5. The zero-order valence-corrected chi connectivity index (χ0v) is 18.5. The Hall–Kier alpha value is -1.02. The molecule has 2 N–H and O–H groups in total. The van der Waals surface area contributed by atoms with Crippen molar-refractivity contribution < 1.29 is 0 Å². The van der Waals surface area contributed by atoms with Gasteiger partial charge in [0.25, 0.3) is 0 Å². The van der Waals surface area contributed by atoms with Gasteiger partial charge >= 0.3 is 0 Å². The molecule has 3 rings (SSSR count). The maximum atomic E-state index is 4.88. The second kappa shape index (κ2) is 11.0. The molecular weight excluding hydrogens is 437 g/mol. The van der Waals surface area contributed by atoms with Gasteiger partial charge in [-0.2, -0.15) is 0 Å². The number of likely N-dealkylation sites (tertiary alicyclic amines) is 1. The predicted molar refractivity (Wildman–Crippen MR) is 122 cm³/mol. The number of benzene rings is 1. The number of piperidine rings is 1. The Morgan fingerprint density at radius 3 is 2.69 bits per heavy atom. The van der Waals surface area contributed by atoms with E-state index in [2.05, 4.69) is 64.7 Å². The summed E-state index contributed by atoms with van der Waals surface area (Å²) in [6.07, 6.45) is 3.76. The van der Waals surface area contributed by atoms with Crippen molar-refractivity contribution in [1.82, 2.24) is 15.5 Å². The number of halogens is 1. The highest BCUT2D eigenvalue weighted by atomic mass is 127. The van der Waals surface area contributed by atoms with Crippen LogP contribution in [0.5, 0.6) is 0 Å². The first-order valence-electron chi connectivity index (χ1n) is 9.78. The van der Waals surface area contributed by atoms with E-state index in [1.807, 2.05) is 0 Å². The smallest absolute Gasteiger partial charge is 0.191 e. The van der Waals surface area contributed by atoms with Crippen LogP contribution in [0, 0.1) is 5.92 Å². The van der Waals surface area contributed by atoms with Crippen LogP contribution in [0.1, 0.15) is 26.2 Å². The maximum Gasteiger partial charge on any atom is 0.191 e. The Bertz CT molecular complexity index is 550. The van der Waals surface area contributed by atoms with Crippen molar-refractivity contribution in [2.24, 2.45) is 10.9 Å². The minimum atomic E-state index is 0. The molecule has 0 saturated carbocycles. The molecule has 2 unspecified atom stereocenters. The maximum absolute atomic E-state index is 4.88. The molecule has 0 amide bonds. The lowest BCUT2D eigenvalue weighted by molar-refractivity contribution is 0.214. The summed E-state index contributed by atoms with van der Waals surface area (Å²) in [5.74, 6) is 1.68. The normalized spacial score (nSPS) is 24.2. The molecule has 2 atom stereocenters. The van der Waals surface area contributed by atoms with Crippen LogP contribution >= 0.6 is 24.0 Å². The zero-order valence-electron chi connectivity index (χ0n) is 16.2. The first kappa shape index (κ1) is 21.3. The molecule has 5 nitrogen and oxygen atoms in total. The van der Waals surface area contributed by atoms with Gasteiger partial charge in [-0.25, -0.2) is 0 Å². The Labute approximate surface area is 175 Å². The lowest BCUT2D eigenvalue weighted by Crippen LogP contribution is -2.45. The van der Waals surface area contributed by atoms with Gasteiger partial charge in [-0.05, 0) is 57.8 Å². The second-order valence-electron chi connectivity index (χ2n) is 7.40. The van der Waals surface area contributed by atoms with Crippen LogP contribution in [-0.4, -0.2) is 63.2 Å². The molecule has 2 aliphatic heterocycles. The van der Waals surface area contributed by atoms with Gasteiger partial charge in [0.2, 0.25) is 0 Å². The Morgan fingerprint density at radius 2 is 1.96 bits per heavy atom. The third kappa shape index (κ3) is 6.30. The van der Waals surface area contributed by atoms with Gasteiger partial charge in [-0.1, -0.05) is 18.2 Å². The topological polar surface area (TPSA) is 42.9 Å². The summed E-state index contributed by atoms with van der Waals surface area (Å²) in [7, 11) is 2.22. The van der Waals surface area contributed by atoms with Crippen LogP contribution < -0.4 is 15.5 Å². The van der Waals surface area contributed by atoms with E-state index in [-0.39, 0.29) is 24.0 Å². The molecule has 1 aromatic rings. The number of guanidine groups is 1. The van der Waals surface area contributed by atoms with E-state index >= 15 is 0 Å².